The summed E-state index contributed by atoms with van der Waals surface area (Å²) in [4.78, 5) is 16.9. The molecule has 0 aromatic heterocycles. The van der Waals surface area contributed by atoms with Crippen molar-refractivity contribution >= 4 is 79.0 Å². The van der Waals surface area contributed by atoms with Gasteiger partial charge in [0.25, 0.3) is 20.2 Å². The van der Waals surface area contributed by atoms with E-state index in [1.165, 1.54) is 46.4 Å². The first-order chi connectivity index (χ1) is 28.5. The molecular formula is C38H44N12O8S2. The van der Waals surface area contributed by atoms with Gasteiger partial charge in [-0.15, -0.1) is 0 Å². The number of hydrogen-bond acceptors (Lipinski definition) is 18. The molecule has 2 aliphatic heterocycles. The minimum atomic E-state index is -4.88. The molecule has 0 saturated heterocycles. The molecule has 2 atom stereocenters. The Labute approximate surface area is 347 Å². The van der Waals surface area contributed by atoms with Crippen molar-refractivity contribution in [2.45, 2.75) is 49.8 Å². The number of benzene rings is 4. The molecule has 2 heterocycles. The van der Waals surface area contributed by atoms with Crippen molar-refractivity contribution in [2.75, 3.05) is 34.4 Å². The number of anilines is 4. The Hall–Kier alpha value is -6.24. The van der Waals surface area contributed by atoms with Gasteiger partial charge in [0.2, 0.25) is 23.8 Å². The molecule has 0 saturated carbocycles. The Bertz CT molecular complexity index is 2400. The largest absolute Gasteiger partial charge is 0.325 e. The zero-order chi connectivity index (χ0) is 43.2. The Morgan fingerprint density at radius 3 is 1.28 bits per heavy atom. The highest BCUT2D eigenvalue weighted by Crippen LogP contribution is 2.28. The second kappa shape index (κ2) is 18.4. The van der Waals surface area contributed by atoms with E-state index in [4.69, 9.17) is 0 Å². The molecule has 0 spiro atoms. The van der Waals surface area contributed by atoms with Gasteiger partial charge in [0.1, 0.15) is 22.1 Å². The second-order valence-electron chi connectivity index (χ2n) is 13.1. The van der Waals surface area contributed by atoms with Gasteiger partial charge in [0.05, 0.1) is 0 Å². The summed E-state index contributed by atoms with van der Waals surface area (Å²) in [7, 11) is -9.76. The quantitative estimate of drug-likeness (QED) is 0.0504. The summed E-state index contributed by atoms with van der Waals surface area (Å²) in [5, 5.41) is 38.0. The number of para-hydroxylation sites is 2. The lowest BCUT2D eigenvalue weighted by Crippen LogP contribution is -2.54. The summed E-state index contributed by atoms with van der Waals surface area (Å²) in [5.74, 6) is 0.558. The molecule has 0 aliphatic carbocycles. The van der Waals surface area contributed by atoms with E-state index in [0.717, 1.165) is 22.5 Å². The number of hydroxylamine groups is 2. The molecule has 4 aromatic rings. The van der Waals surface area contributed by atoms with Gasteiger partial charge in [-0.3, -0.25) is 19.5 Å². The molecular weight excluding hydrogens is 817 g/mol. The summed E-state index contributed by atoms with van der Waals surface area (Å²) in [5.41, 5.74) is 1.65. The van der Waals surface area contributed by atoms with Gasteiger partial charge in [0.15, 0.2) is 0 Å². The Morgan fingerprint density at radius 1 is 0.583 bits per heavy atom. The topological polar surface area (TPSA) is 260 Å². The van der Waals surface area contributed by atoms with Crippen LogP contribution in [0.2, 0.25) is 0 Å². The standard InChI is InChI=1S/C38H44N12O8S2/c1-5-47(51)49-25(3)39-35(41-29-13-9-7-10-14-29)45-37(49)43-31-21-19-27(33(23-31)59(53,54)55)17-18-28-20-22-32(24-34(28)60(56,57)58)44-38-46-36(42-30-15-11-8-12-16-30)40-26(4)50(38)48(52)6-2/h7-26,51-52H,5-6H2,1-4H3,(H,53,54,55)(H,56,57,58)(H2,39,41,43,45)(H2,40,42,44,46). The van der Waals surface area contributed by atoms with Gasteiger partial charge in [-0.25, -0.2) is 20.0 Å². The van der Waals surface area contributed by atoms with E-state index in [-0.39, 0.29) is 59.4 Å². The van der Waals surface area contributed by atoms with Gasteiger partial charge < -0.3 is 21.3 Å². The summed E-state index contributed by atoms with van der Waals surface area (Å²) >= 11 is 0. The summed E-state index contributed by atoms with van der Waals surface area (Å²) < 4.78 is 71.5. The molecule has 60 heavy (non-hydrogen) atoms. The highest BCUT2D eigenvalue weighted by atomic mass is 32.2. The monoisotopic (exact) mass is 860 g/mol. The van der Waals surface area contributed by atoms with Crippen molar-refractivity contribution < 1.29 is 36.4 Å². The van der Waals surface area contributed by atoms with Crippen LogP contribution in [0.1, 0.15) is 38.8 Å². The van der Waals surface area contributed by atoms with Crippen LogP contribution in [-0.4, -0.2) is 106 Å². The first kappa shape index (κ1) is 43.3. The van der Waals surface area contributed by atoms with Crippen LogP contribution in [0.3, 0.4) is 0 Å². The Morgan fingerprint density at radius 2 is 0.950 bits per heavy atom. The average Bonchev–Trinajstić information content (AvgIpc) is 3.20. The van der Waals surface area contributed by atoms with E-state index in [2.05, 4.69) is 41.2 Å². The van der Waals surface area contributed by atoms with Crippen LogP contribution in [0.25, 0.3) is 12.2 Å². The SMILES string of the molecule is CCN(O)N1C(Nc2ccc(C=Cc3ccc(NC4=NC(Nc5ccccc5)=NC(C)N4N(O)CC)cc3S(=O)(=O)O)c(S(=O)(=O)O)c2)=NC(Nc2ccccc2)=NC1C. The maximum absolute atomic E-state index is 12.7. The van der Waals surface area contributed by atoms with Gasteiger partial charge in [-0.1, -0.05) is 71.0 Å². The molecule has 2 aliphatic rings. The van der Waals surface area contributed by atoms with Crippen LogP contribution in [0, 0.1) is 0 Å². The third-order valence-electron chi connectivity index (χ3n) is 8.84. The van der Waals surface area contributed by atoms with E-state index in [1.807, 2.05) is 60.7 Å². The first-order valence-electron chi connectivity index (χ1n) is 18.5. The fraction of sp³-hybridized carbons (Fsp3) is 0.211. The van der Waals surface area contributed by atoms with Crippen LogP contribution in [-0.2, 0) is 20.2 Å². The Balaban J connectivity index is 1.30. The molecule has 22 heteroatoms. The number of rotatable bonds is 12. The van der Waals surface area contributed by atoms with E-state index >= 15 is 0 Å². The molecule has 20 nitrogen and oxygen atoms in total. The van der Waals surface area contributed by atoms with Crippen LogP contribution in [0.5, 0.6) is 0 Å². The number of hydrazine groups is 2. The van der Waals surface area contributed by atoms with Crippen molar-refractivity contribution in [1.82, 2.24) is 20.4 Å². The van der Waals surface area contributed by atoms with Crippen molar-refractivity contribution in [2.24, 2.45) is 20.0 Å². The summed E-state index contributed by atoms with van der Waals surface area (Å²) in [6.07, 6.45) is 1.19. The van der Waals surface area contributed by atoms with Gasteiger partial charge in [-0.05, 0) is 87.4 Å². The lowest BCUT2D eigenvalue weighted by atomic mass is 10.1. The van der Waals surface area contributed by atoms with E-state index in [1.54, 1.807) is 27.7 Å². The molecule has 4 aromatic carbocycles. The average molecular weight is 861 g/mol. The zero-order valence-electron chi connectivity index (χ0n) is 32.8. The molecule has 316 valence electrons. The van der Waals surface area contributed by atoms with Gasteiger partial charge in [-0.2, -0.15) is 26.8 Å². The first-order valence-corrected chi connectivity index (χ1v) is 21.4. The third-order valence-corrected chi connectivity index (χ3v) is 10.7. The van der Waals surface area contributed by atoms with Crippen molar-refractivity contribution in [3.8, 4) is 0 Å². The normalized spacial score (nSPS) is 17.3. The molecule has 6 rings (SSSR count). The highest BCUT2D eigenvalue weighted by molar-refractivity contribution is 7.86. The summed E-state index contributed by atoms with van der Waals surface area (Å²) in [6.45, 7) is 7.14. The van der Waals surface area contributed by atoms with Crippen LogP contribution >= 0.6 is 0 Å². The van der Waals surface area contributed by atoms with Gasteiger partial charge >= 0.3 is 0 Å². The van der Waals surface area contributed by atoms with Crippen molar-refractivity contribution in [1.29, 1.82) is 0 Å². The number of nitrogens with one attached hydrogen (secondary N) is 4. The fourth-order valence-corrected chi connectivity index (χ4v) is 7.48. The lowest BCUT2D eigenvalue weighted by molar-refractivity contribution is -0.221. The lowest BCUT2D eigenvalue weighted by Gasteiger charge is -2.37. The van der Waals surface area contributed by atoms with E-state index in [9.17, 15) is 36.4 Å². The molecule has 0 bridgehead atoms. The summed E-state index contributed by atoms with van der Waals surface area (Å²) in [6, 6.07) is 26.3. The van der Waals surface area contributed by atoms with Crippen LogP contribution in [0.15, 0.2) is 127 Å². The predicted octanol–water partition coefficient (Wildman–Crippen LogP) is 5.40. The van der Waals surface area contributed by atoms with Crippen LogP contribution in [0.4, 0.5) is 22.7 Å². The second-order valence-corrected chi connectivity index (χ2v) is 15.9. The number of nitrogens with zero attached hydrogens (tertiary/aromatic N) is 8. The maximum Gasteiger partial charge on any atom is 0.295 e. The molecule has 8 N–H and O–H groups in total. The zero-order valence-corrected chi connectivity index (χ0v) is 34.4. The fourth-order valence-electron chi connectivity index (χ4n) is 6.06. The smallest absolute Gasteiger partial charge is 0.295 e. The van der Waals surface area contributed by atoms with Crippen LogP contribution < -0.4 is 21.3 Å². The van der Waals surface area contributed by atoms with Gasteiger partial charge in [0, 0.05) is 35.8 Å². The maximum atomic E-state index is 12.7. The van der Waals surface area contributed by atoms with Crippen molar-refractivity contribution in [3.63, 3.8) is 0 Å². The highest BCUT2D eigenvalue weighted by Gasteiger charge is 2.30. The predicted molar refractivity (Wildman–Crippen MR) is 229 cm³/mol. The molecule has 0 amide bonds. The number of aliphatic imine (C=N–C) groups is 4. The number of hydrogen-bond donors (Lipinski definition) is 8. The number of guanidine groups is 4. The minimum Gasteiger partial charge on any atom is -0.325 e. The molecule has 0 fully saturated rings. The third kappa shape index (κ3) is 10.5. The van der Waals surface area contributed by atoms with E-state index < -0.39 is 42.4 Å². The molecule has 2 unspecified atom stereocenters. The van der Waals surface area contributed by atoms with E-state index in [0.29, 0.717) is 11.4 Å². The minimum absolute atomic E-state index is 0.0331. The van der Waals surface area contributed by atoms with Crippen molar-refractivity contribution in [3.05, 3.63) is 108 Å². The Kier molecular flexibility index (Phi) is 13.3. The molecule has 0 radical (unpaired) electrons.